The van der Waals surface area contributed by atoms with Crippen LogP contribution in [0.1, 0.15) is 16.1 Å². The molecule has 0 saturated heterocycles. The number of aromatic carboxylic acids is 1. The summed E-state index contributed by atoms with van der Waals surface area (Å²) in [6, 6.07) is 6.60. The second-order valence-electron chi connectivity index (χ2n) is 3.31. The Hall–Kier alpha value is -2.81. The molecule has 0 aromatic carbocycles. The molecule has 2 aromatic heterocycles. The van der Waals surface area contributed by atoms with Crippen LogP contribution < -0.4 is 5.73 Å². The first-order valence-corrected chi connectivity index (χ1v) is 4.70. The monoisotopic (exact) mass is 228 g/mol. The molecule has 17 heavy (non-hydrogen) atoms. The van der Waals surface area contributed by atoms with Gasteiger partial charge in [0.05, 0.1) is 17.4 Å². The summed E-state index contributed by atoms with van der Waals surface area (Å²) < 4.78 is 1.49. The first-order chi connectivity index (χ1) is 8.13. The molecule has 0 saturated carbocycles. The molecule has 2 rings (SSSR count). The Morgan fingerprint density at radius 3 is 3.00 bits per heavy atom. The molecule has 6 heteroatoms. The van der Waals surface area contributed by atoms with Gasteiger partial charge in [0.2, 0.25) is 0 Å². The van der Waals surface area contributed by atoms with Gasteiger partial charge in [-0.2, -0.15) is 5.26 Å². The minimum Gasteiger partial charge on any atom is -0.478 e. The van der Waals surface area contributed by atoms with Crippen LogP contribution in [0.25, 0.3) is 5.82 Å². The van der Waals surface area contributed by atoms with Gasteiger partial charge in [0, 0.05) is 6.20 Å². The maximum Gasteiger partial charge on any atom is 0.337 e. The fraction of sp³-hybridized carbons (Fsp3) is 0. The second kappa shape index (κ2) is 3.98. The zero-order valence-electron chi connectivity index (χ0n) is 8.66. The Labute approximate surface area is 96.5 Å². The summed E-state index contributed by atoms with van der Waals surface area (Å²) in [5.41, 5.74) is 5.93. The van der Waals surface area contributed by atoms with Crippen molar-refractivity contribution < 1.29 is 9.90 Å². The molecule has 0 aliphatic carbocycles. The molecular weight excluding hydrogens is 220 g/mol. The Bertz CT molecular complexity index is 625. The number of nitrogens with zero attached hydrogens (tertiary/aromatic N) is 3. The third-order valence-electron chi connectivity index (χ3n) is 2.26. The second-order valence-corrected chi connectivity index (χ2v) is 3.31. The number of hydrogen-bond acceptors (Lipinski definition) is 4. The lowest BCUT2D eigenvalue weighted by Gasteiger charge is -2.06. The van der Waals surface area contributed by atoms with E-state index in [2.05, 4.69) is 4.98 Å². The molecular formula is C11H8N4O2. The van der Waals surface area contributed by atoms with E-state index in [0.717, 1.165) is 0 Å². The maximum atomic E-state index is 10.9. The summed E-state index contributed by atoms with van der Waals surface area (Å²) in [5, 5.41) is 17.8. The van der Waals surface area contributed by atoms with E-state index in [-0.39, 0.29) is 11.3 Å². The summed E-state index contributed by atoms with van der Waals surface area (Å²) in [7, 11) is 0. The number of aromatic nitrogens is 2. The van der Waals surface area contributed by atoms with Crippen LogP contribution in [0.3, 0.4) is 0 Å². The summed E-state index contributed by atoms with van der Waals surface area (Å²) in [6.45, 7) is 0. The number of rotatable bonds is 2. The van der Waals surface area contributed by atoms with Gasteiger partial charge in [-0.05, 0) is 18.2 Å². The van der Waals surface area contributed by atoms with Crippen LogP contribution in [0.4, 0.5) is 5.69 Å². The molecule has 84 valence electrons. The fourth-order valence-corrected chi connectivity index (χ4v) is 1.44. The summed E-state index contributed by atoms with van der Waals surface area (Å²) in [6.07, 6.45) is 2.89. The highest BCUT2D eigenvalue weighted by atomic mass is 16.4. The van der Waals surface area contributed by atoms with Crippen LogP contribution in [0.5, 0.6) is 0 Å². The van der Waals surface area contributed by atoms with E-state index in [1.807, 2.05) is 6.07 Å². The minimum atomic E-state index is -1.13. The van der Waals surface area contributed by atoms with Crippen molar-refractivity contribution in [2.24, 2.45) is 0 Å². The van der Waals surface area contributed by atoms with Gasteiger partial charge in [-0.15, -0.1) is 0 Å². The number of pyridine rings is 1. The molecule has 0 radical (unpaired) electrons. The maximum absolute atomic E-state index is 10.9. The van der Waals surface area contributed by atoms with Crippen molar-refractivity contribution in [3.8, 4) is 11.9 Å². The molecule has 0 fully saturated rings. The third kappa shape index (κ3) is 1.81. The number of nitrogen functional groups attached to an aromatic ring is 1. The normalized spacial score (nSPS) is 9.82. The standard InChI is InChI=1S/C11H8N4O2/c12-5-7-2-1-3-15(7)10-4-8(11(16)17)9(13)6-14-10/h1-4,6H,13H2,(H,16,17). The number of carbonyl (C=O) groups is 1. The van der Waals surface area contributed by atoms with Crippen molar-refractivity contribution in [3.63, 3.8) is 0 Å². The van der Waals surface area contributed by atoms with Crippen molar-refractivity contribution in [1.82, 2.24) is 9.55 Å². The van der Waals surface area contributed by atoms with Gasteiger partial charge in [-0.1, -0.05) is 0 Å². The van der Waals surface area contributed by atoms with Crippen LogP contribution in [0.2, 0.25) is 0 Å². The summed E-state index contributed by atoms with van der Waals surface area (Å²) in [4.78, 5) is 14.9. The number of nitriles is 1. The van der Waals surface area contributed by atoms with E-state index >= 15 is 0 Å². The van der Waals surface area contributed by atoms with Crippen LogP contribution in [0, 0.1) is 11.3 Å². The van der Waals surface area contributed by atoms with E-state index in [9.17, 15) is 4.79 Å². The molecule has 0 spiro atoms. The number of carboxylic acid groups (broad SMARTS) is 1. The molecule has 6 nitrogen and oxygen atoms in total. The molecule has 2 aromatic rings. The van der Waals surface area contributed by atoms with Gasteiger partial charge in [0.25, 0.3) is 0 Å². The quantitative estimate of drug-likeness (QED) is 0.798. The zero-order chi connectivity index (χ0) is 12.4. The van der Waals surface area contributed by atoms with Crippen molar-refractivity contribution in [2.75, 3.05) is 5.73 Å². The molecule has 0 bridgehead atoms. The lowest BCUT2D eigenvalue weighted by Crippen LogP contribution is -2.07. The largest absolute Gasteiger partial charge is 0.478 e. The van der Waals surface area contributed by atoms with Gasteiger partial charge in [-0.25, -0.2) is 9.78 Å². The molecule has 0 unspecified atom stereocenters. The van der Waals surface area contributed by atoms with Crippen LogP contribution in [-0.2, 0) is 0 Å². The topological polar surface area (TPSA) is 105 Å². The van der Waals surface area contributed by atoms with E-state index < -0.39 is 5.97 Å². The zero-order valence-corrected chi connectivity index (χ0v) is 8.66. The van der Waals surface area contributed by atoms with Crippen LogP contribution >= 0.6 is 0 Å². The smallest absolute Gasteiger partial charge is 0.337 e. The molecule has 0 aliphatic heterocycles. The minimum absolute atomic E-state index is 0.0346. The Kier molecular flexibility index (Phi) is 2.51. The Morgan fingerprint density at radius 1 is 1.59 bits per heavy atom. The lowest BCUT2D eigenvalue weighted by molar-refractivity contribution is 0.0698. The van der Waals surface area contributed by atoms with Gasteiger partial charge in [0.1, 0.15) is 17.6 Å². The predicted octanol–water partition coefficient (Wildman–Crippen LogP) is 1.02. The highest BCUT2D eigenvalue weighted by Crippen LogP contribution is 2.16. The first kappa shape index (κ1) is 10.7. The fourth-order valence-electron chi connectivity index (χ4n) is 1.44. The molecule has 0 aliphatic rings. The highest BCUT2D eigenvalue weighted by molar-refractivity contribution is 5.93. The van der Waals surface area contributed by atoms with Gasteiger partial charge in [0.15, 0.2) is 0 Å². The highest BCUT2D eigenvalue weighted by Gasteiger charge is 2.11. The summed E-state index contributed by atoms with van der Waals surface area (Å²) >= 11 is 0. The number of hydrogen-bond donors (Lipinski definition) is 2. The molecule has 0 amide bonds. The van der Waals surface area contributed by atoms with E-state index in [1.54, 1.807) is 18.3 Å². The van der Waals surface area contributed by atoms with Crippen molar-refractivity contribution >= 4 is 11.7 Å². The lowest BCUT2D eigenvalue weighted by atomic mass is 10.2. The van der Waals surface area contributed by atoms with Crippen molar-refractivity contribution in [2.45, 2.75) is 0 Å². The van der Waals surface area contributed by atoms with Crippen molar-refractivity contribution in [1.29, 1.82) is 5.26 Å². The van der Waals surface area contributed by atoms with Crippen molar-refractivity contribution in [3.05, 3.63) is 41.9 Å². The first-order valence-electron chi connectivity index (χ1n) is 4.70. The van der Waals surface area contributed by atoms with Gasteiger partial charge in [-0.3, -0.25) is 4.57 Å². The van der Waals surface area contributed by atoms with Crippen LogP contribution in [0.15, 0.2) is 30.6 Å². The number of nitrogens with two attached hydrogens (primary N) is 1. The predicted molar refractivity (Wildman–Crippen MR) is 59.7 cm³/mol. The molecule has 0 atom stereocenters. The summed E-state index contributed by atoms with van der Waals surface area (Å²) in [5.74, 6) is -0.782. The van der Waals surface area contributed by atoms with E-state index in [0.29, 0.717) is 11.5 Å². The Morgan fingerprint density at radius 2 is 2.35 bits per heavy atom. The average Bonchev–Trinajstić information content (AvgIpc) is 2.77. The average molecular weight is 228 g/mol. The van der Waals surface area contributed by atoms with Gasteiger partial charge < -0.3 is 10.8 Å². The molecule has 3 N–H and O–H groups in total. The number of anilines is 1. The van der Waals surface area contributed by atoms with Crippen LogP contribution in [-0.4, -0.2) is 20.6 Å². The van der Waals surface area contributed by atoms with Gasteiger partial charge >= 0.3 is 5.97 Å². The number of carboxylic acids is 1. The third-order valence-corrected chi connectivity index (χ3v) is 2.26. The van der Waals surface area contributed by atoms with E-state index in [1.165, 1.54) is 16.8 Å². The molecule has 2 heterocycles. The Balaban J connectivity index is 2.59. The SMILES string of the molecule is N#Cc1cccn1-c1cc(C(=O)O)c(N)cn1. The van der Waals surface area contributed by atoms with E-state index in [4.69, 9.17) is 16.1 Å².